The number of nitrogens with one attached hydrogen (secondary N) is 1. The molecule has 0 saturated heterocycles. The molecule has 0 aliphatic carbocycles. The van der Waals surface area contributed by atoms with Gasteiger partial charge in [0.15, 0.2) is 0 Å². The summed E-state index contributed by atoms with van der Waals surface area (Å²) in [5, 5.41) is 3.37. The summed E-state index contributed by atoms with van der Waals surface area (Å²) >= 11 is 3.57. The first kappa shape index (κ1) is 16.5. The summed E-state index contributed by atoms with van der Waals surface area (Å²) in [4.78, 5) is 0. The van der Waals surface area contributed by atoms with Gasteiger partial charge < -0.3 is 14.8 Å². The Hall–Kier alpha value is -0.580. The van der Waals surface area contributed by atoms with E-state index < -0.39 is 0 Å². The number of ether oxygens (including phenoxy) is 2. The lowest BCUT2D eigenvalue weighted by molar-refractivity contribution is 0.0806. The van der Waals surface area contributed by atoms with E-state index in [1.807, 2.05) is 0 Å². The molecule has 0 amide bonds. The molecule has 0 aromatic heterocycles. The normalized spacial score (nSPS) is 12.5. The quantitative estimate of drug-likeness (QED) is 0.741. The highest BCUT2D eigenvalue weighted by Crippen LogP contribution is 2.26. The summed E-state index contributed by atoms with van der Waals surface area (Å²) in [6.07, 6.45) is 1.16. The molecule has 1 aromatic carbocycles. The zero-order valence-corrected chi connectivity index (χ0v) is 13.8. The zero-order chi connectivity index (χ0) is 14.3. The maximum Gasteiger partial charge on any atom is 0.134 e. The largest absolute Gasteiger partial charge is 0.487 e. The standard InChI is InChI=1S/C15H24BrNO2/c1-5-6-17-9-14(10-18-4)19-13-7-11(2)15(16)12(3)8-13/h7-8,14,17H,5-6,9-10H2,1-4H3. The number of benzene rings is 1. The van der Waals surface area contributed by atoms with Crippen LogP contribution in [0.4, 0.5) is 0 Å². The van der Waals surface area contributed by atoms with E-state index in [1.54, 1.807) is 7.11 Å². The van der Waals surface area contributed by atoms with Crippen LogP contribution in [-0.4, -0.2) is 32.9 Å². The molecule has 3 nitrogen and oxygen atoms in total. The molecule has 1 unspecified atom stereocenters. The molecule has 1 aromatic rings. The highest BCUT2D eigenvalue weighted by Gasteiger charge is 2.11. The van der Waals surface area contributed by atoms with Crippen molar-refractivity contribution in [1.29, 1.82) is 0 Å². The zero-order valence-electron chi connectivity index (χ0n) is 12.3. The number of methoxy groups -OCH3 is 1. The summed E-state index contributed by atoms with van der Waals surface area (Å²) in [6.45, 7) is 8.69. The van der Waals surface area contributed by atoms with Crippen molar-refractivity contribution in [2.75, 3.05) is 26.8 Å². The number of hydrogen-bond acceptors (Lipinski definition) is 3. The summed E-state index contributed by atoms with van der Waals surface area (Å²) in [7, 11) is 1.70. The van der Waals surface area contributed by atoms with Gasteiger partial charge in [-0.3, -0.25) is 0 Å². The Balaban J connectivity index is 2.67. The number of halogens is 1. The topological polar surface area (TPSA) is 30.5 Å². The van der Waals surface area contributed by atoms with E-state index in [0.717, 1.165) is 29.7 Å². The van der Waals surface area contributed by atoms with Crippen molar-refractivity contribution in [3.63, 3.8) is 0 Å². The first-order chi connectivity index (χ1) is 9.08. The van der Waals surface area contributed by atoms with Crippen LogP contribution in [0.3, 0.4) is 0 Å². The van der Waals surface area contributed by atoms with Crippen molar-refractivity contribution in [3.8, 4) is 5.75 Å². The predicted molar refractivity (Wildman–Crippen MR) is 83.1 cm³/mol. The second kappa shape index (κ2) is 8.56. The Morgan fingerprint density at radius 2 is 1.89 bits per heavy atom. The third kappa shape index (κ3) is 5.51. The Bertz CT molecular complexity index is 373. The van der Waals surface area contributed by atoms with Crippen LogP contribution in [0.15, 0.2) is 16.6 Å². The van der Waals surface area contributed by atoms with Gasteiger partial charge in [0.2, 0.25) is 0 Å². The van der Waals surface area contributed by atoms with Crippen LogP contribution in [0.5, 0.6) is 5.75 Å². The van der Waals surface area contributed by atoms with Gasteiger partial charge in [0, 0.05) is 18.1 Å². The van der Waals surface area contributed by atoms with Gasteiger partial charge in [-0.25, -0.2) is 0 Å². The molecule has 0 aliphatic rings. The van der Waals surface area contributed by atoms with E-state index in [1.165, 1.54) is 11.1 Å². The second-order valence-electron chi connectivity index (χ2n) is 4.77. The Morgan fingerprint density at radius 3 is 2.42 bits per heavy atom. The first-order valence-corrected chi connectivity index (χ1v) is 7.50. The Morgan fingerprint density at radius 1 is 1.26 bits per heavy atom. The predicted octanol–water partition coefficient (Wildman–Crippen LogP) is 3.46. The van der Waals surface area contributed by atoms with Gasteiger partial charge in [0.25, 0.3) is 0 Å². The fraction of sp³-hybridized carbons (Fsp3) is 0.600. The SMILES string of the molecule is CCCNCC(COC)Oc1cc(C)c(Br)c(C)c1. The molecule has 0 heterocycles. The van der Waals surface area contributed by atoms with Gasteiger partial charge in [0.05, 0.1) is 6.61 Å². The lowest BCUT2D eigenvalue weighted by Gasteiger charge is -2.20. The number of aryl methyl sites for hydroxylation is 2. The molecule has 0 bridgehead atoms. The minimum absolute atomic E-state index is 0.0384. The molecule has 1 rings (SSSR count). The minimum Gasteiger partial charge on any atom is -0.487 e. The van der Waals surface area contributed by atoms with Crippen LogP contribution < -0.4 is 10.1 Å². The molecule has 1 atom stereocenters. The van der Waals surface area contributed by atoms with Crippen molar-refractivity contribution >= 4 is 15.9 Å². The first-order valence-electron chi connectivity index (χ1n) is 6.71. The molecule has 0 fully saturated rings. The summed E-state index contributed by atoms with van der Waals surface area (Å²) in [5.74, 6) is 0.901. The molecule has 0 saturated carbocycles. The maximum absolute atomic E-state index is 6.01. The summed E-state index contributed by atoms with van der Waals surface area (Å²) < 4.78 is 12.4. The maximum atomic E-state index is 6.01. The minimum atomic E-state index is 0.0384. The molecule has 19 heavy (non-hydrogen) atoms. The molecule has 0 radical (unpaired) electrons. The highest BCUT2D eigenvalue weighted by molar-refractivity contribution is 9.10. The summed E-state index contributed by atoms with van der Waals surface area (Å²) in [5.41, 5.74) is 2.38. The molecule has 0 aliphatic heterocycles. The highest BCUT2D eigenvalue weighted by atomic mass is 79.9. The van der Waals surface area contributed by atoms with Gasteiger partial charge in [-0.15, -0.1) is 0 Å². The molecule has 0 spiro atoms. The lowest BCUT2D eigenvalue weighted by atomic mass is 10.1. The average Bonchev–Trinajstić information content (AvgIpc) is 2.36. The van der Waals surface area contributed by atoms with Crippen molar-refractivity contribution in [2.24, 2.45) is 0 Å². The van der Waals surface area contributed by atoms with Gasteiger partial charge in [-0.2, -0.15) is 0 Å². The van der Waals surface area contributed by atoms with Crippen LogP contribution >= 0.6 is 15.9 Å². The van der Waals surface area contributed by atoms with Crippen molar-refractivity contribution < 1.29 is 9.47 Å². The van der Waals surface area contributed by atoms with E-state index in [9.17, 15) is 0 Å². The van der Waals surface area contributed by atoms with E-state index in [-0.39, 0.29) is 6.10 Å². The van der Waals surface area contributed by atoms with Crippen LogP contribution in [0.25, 0.3) is 0 Å². The van der Waals surface area contributed by atoms with E-state index in [0.29, 0.717) is 6.61 Å². The molecular formula is C15H24BrNO2. The lowest BCUT2D eigenvalue weighted by Crippen LogP contribution is -2.35. The molecule has 4 heteroatoms. The van der Waals surface area contributed by atoms with Crippen molar-refractivity contribution in [1.82, 2.24) is 5.32 Å². The van der Waals surface area contributed by atoms with Crippen LogP contribution in [0.1, 0.15) is 24.5 Å². The van der Waals surface area contributed by atoms with Gasteiger partial charge in [-0.05, 0) is 50.1 Å². The fourth-order valence-corrected chi connectivity index (χ4v) is 2.16. The molecular weight excluding hydrogens is 306 g/mol. The second-order valence-corrected chi connectivity index (χ2v) is 5.56. The van der Waals surface area contributed by atoms with Crippen LogP contribution in [-0.2, 0) is 4.74 Å². The smallest absolute Gasteiger partial charge is 0.134 e. The van der Waals surface area contributed by atoms with Crippen LogP contribution in [0, 0.1) is 13.8 Å². The third-order valence-electron chi connectivity index (χ3n) is 2.86. The van der Waals surface area contributed by atoms with E-state index in [4.69, 9.17) is 9.47 Å². The number of rotatable bonds is 8. The van der Waals surface area contributed by atoms with Gasteiger partial charge >= 0.3 is 0 Å². The van der Waals surface area contributed by atoms with Crippen molar-refractivity contribution in [2.45, 2.75) is 33.3 Å². The van der Waals surface area contributed by atoms with E-state index >= 15 is 0 Å². The Labute approximate surface area is 124 Å². The number of hydrogen-bond donors (Lipinski definition) is 1. The summed E-state index contributed by atoms with van der Waals surface area (Å²) in [6, 6.07) is 4.11. The van der Waals surface area contributed by atoms with E-state index in [2.05, 4.69) is 54.2 Å². The van der Waals surface area contributed by atoms with Crippen LogP contribution in [0.2, 0.25) is 0 Å². The van der Waals surface area contributed by atoms with Crippen molar-refractivity contribution in [3.05, 3.63) is 27.7 Å². The average molecular weight is 330 g/mol. The molecule has 108 valence electrons. The molecule has 1 N–H and O–H groups in total. The monoisotopic (exact) mass is 329 g/mol. The van der Waals surface area contributed by atoms with Gasteiger partial charge in [0.1, 0.15) is 11.9 Å². The Kier molecular flexibility index (Phi) is 7.42. The van der Waals surface area contributed by atoms with Gasteiger partial charge in [-0.1, -0.05) is 22.9 Å². The third-order valence-corrected chi connectivity index (χ3v) is 4.11. The fourth-order valence-electron chi connectivity index (χ4n) is 1.93.